The molecule has 6 nitrogen and oxygen atoms in total. The molecular formula is C20H16ClN3O3S. The monoisotopic (exact) mass is 413 g/mol. The van der Waals surface area contributed by atoms with Crippen LogP contribution in [0.4, 0.5) is 0 Å². The molecule has 142 valence electrons. The van der Waals surface area contributed by atoms with Crippen molar-refractivity contribution >= 4 is 23.4 Å². The van der Waals surface area contributed by atoms with Gasteiger partial charge in [-0.15, -0.1) is 10.2 Å². The van der Waals surface area contributed by atoms with Gasteiger partial charge in [-0.1, -0.05) is 41.6 Å². The maximum atomic E-state index is 5.85. The molecule has 0 bridgehead atoms. The number of thioether (sulfide) groups is 1. The Balaban J connectivity index is 1.34. The zero-order valence-corrected chi connectivity index (χ0v) is 16.5. The van der Waals surface area contributed by atoms with E-state index in [2.05, 4.69) is 15.2 Å². The number of aryl methyl sites for hydroxylation is 1. The molecule has 2 aromatic heterocycles. The van der Waals surface area contributed by atoms with E-state index in [0.29, 0.717) is 33.5 Å². The fraction of sp³-hybridized carbons (Fsp3) is 0.150. The van der Waals surface area contributed by atoms with Gasteiger partial charge < -0.3 is 13.6 Å². The van der Waals surface area contributed by atoms with Crippen LogP contribution in [0.15, 0.2) is 68.7 Å². The topological polar surface area (TPSA) is 74.2 Å². The summed E-state index contributed by atoms with van der Waals surface area (Å²) in [6.07, 6.45) is 0. The molecule has 8 heteroatoms. The van der Waals surface area contributed by atoms with Gasteiger partial charge in [-0.05, 0) is 43.3 Å². The van der Waals surface area contributed by atoms with Crippen LogP contribution in [-0.4, -0.2) is 15.2 Å². The summed E-state index contributed by atoms with van der Waals surface area (Å²) < 4.78 is 17.0. The Morgan fingerprint density at radius 1 is 1.00 bits per heavy atom. The van der Waals surface area contributed by atoms with Crippen molar-refractivity contribution in [3.63, 3.8) is 0 Å². The minimum atomic E-state index is 0.191. The number of aromatic nitrogens is 3. The summed E-state index contributed by atoms with van der Waals surface area (Å²) in [7, 11) is 0. The Morgan fingerprint density at radius 3 is 2.57 bits per heavy atom. The van der Waals surface area contributed by atoms with Crippen LogP contribution in [0.1, 0.15) is 17.3 Å². The Hall–Kier alpha value is -2.77. The zero-order chi connectivity index (χ0) is 19.3. The number of oxazole rings is 1. The number of nitrogens with zero attached hydrogens (tertiary/aromatic N) is 3. The van der Waals surface area contributed by atoms with E-state index in [4.69, 9.17) is 25.2 Å². The first-order valence-corrected chi connectivity index (χ1v) is 9.89. The Morgan fingerprint density at radius 2 is 1.79 bits per heavy atom. The molecule has 0 atom stereocenters. The molecule has 0 saturated heterocycles. The lowest BCUT2D eigenvalue weighted by Gasteiger charge is -2.02. The van der Waals surface area contributed by atoms with Crippen molar-refractivity contribution < 1.29 is 13.6 Å². The highest BCUT2D eigenvalue weighted by atomic mass is 35.5. The van der Waals surface area contributed by atoms with Crippen LogP contribution in [0.5, 0.6) is 5.75 Å². The highest BCUT2D eigenvalue weighted by Crippen LogP contribution is 2.27. The second kappa shape index (κ2) is 8.50. The van der Waals surface area contributed by atoms with Crippen molar-refractivity contribution in [1.29, 1.82) is 0 Å². The minimum Gasteiger partial charge on any atom is -0.484 e. The number of rotatable bonds is 7. The predicted octanol–water partition coefficient (Wildman–Crippen LogP) is 5.56. The van der Waals surface area contributed by atoms with Crippen molar-refractivity contribution in [3.05, 3.63) is 77.0 Å². The quantitative estimate of drug-likeness (QED) is 0.367. The highest BCUT2D eigenvalue weighted by molar-refractivity contribution is 7.98. The molecule has 0 fully saturated rings. The highest BCUT2D eigenvalue weighted by Gasteiger charge is 2.14. The molecule has 0 amide bonds. The largest absolute Gasteiger partial charge is 0.484 e. The molecule has 0 unspecified atom stereocenters. The molecule has 0 saturated carbocycles. The second-order valence-corrected chi connectivity index (χ2v) is 7.24. The number of halogens is 1. The molecule has 4 aromatic rings. The van der Waals surface area contributed by atoms with Gasteiger partial charge in [0.2, 0.25) is 5.89 Å². The van der Waals surface area contributed by atoms with E-state index in [1.54, 1.807) is 24.3 Å². The molecule has 0 spiro atoms. The number of benzene rings is 2. The van der Waals surface area contributed by atoms with Crippen LogP contribution >= 0.6 is 23.4 Å². The first kappa shape index (κ1) is 18.6. The number of hydrogen-bond acceptors (Lipinski definition) is 7. The van der Waals surface area contributed by atoms with Crippen molar-refractivity contribution in [1.82, 2.24) is 15.2 Å². The van der Waals surface area contributed by atoms with E-state index >= 15 is 0 Å². The number of hydrogen-bond donors (Lipinski definition) is 0. The Labute approximate surface area is 170 Å². The van der Waals surface area contributed by atoms with Gasteiger partial charge in [-0.2, -0.15) is 0 Å². The van der Waals surface area contributed by atoms with E-state index in [1.807, 2.05) is 37.3 Å². The van der Waals surface area contributed by atoms with Gasteiger partial charge in [0, 0.05) is 16.3 Å². The van der Waals surface area contributed by atoms with E-state index in [1.165, 1.54) is 11.8 Å². The molecule has 2 heterocycles. The second-order valence-electron chi connectivity index (χ2n) is 5.88. The molecular weight excluding hydrogens is 398 g/mol. The average molecular weight is 414 g/mol. The lowest BCUT2D eigenvalue weighted by atomic mass is 10.2. The fourth-order valence-electron chi connectivity index (χ4n) is 2.43. The number of ether oxygens (including phenoxy) is 1. The SMILES string of the molecule is Cc1oc(-c2ccccc2)nc1CSc1nnc(COc2ccc(Cl)cc2)o1. The van der Waals surface area contributed by atoms with Crippen molar-refractivity contribution in [2.24, 2.45) is 0 Å². The van der Waals surface area contributed by atoms with Crippen LogP contribution in [0.2, 0.25) is 5.02 Å². The first-order chi connectivity index (χ1) is 13.7. The molecule has 2 aromatic carbocycles. The predicted molar refractivity (Wildman–Crippen MR) is 106 cm³/mol. The van der Waals surface area contributed by atoms with Crippen molar-refractivity contribution in [2.75, 3.05) is 0 Å². The summed E-state index contributed by atoms with van der Waals surface area (Å²) in [5, 5.41) is 9.15. The molecule has 0 aliphatic heterocycles. The summed E-state index contributed by atoms with van der Waals surface area (Å²) >= 11 is 7.26. The Bertz CT molecular complexity index is 1050. The van der Waals surface area contributed by atoms with Gasteiger partial charge in [-0.3, -0.25) is 0 Å². The maximum absolute atomic E-state index is 5.85. The van der Waals surface area contributed by atoms with Crippen molar-refractivity contribution in [2.45, 2.75) is 24.5 Å². The molecule has 28 heavy (non-hydrogen) atoms. The summed E-state index contributed by atoms with van der Waals surface area (Å²) in [6.45, 7) is 2.09. The van der Waals surface area contributed by atoms with Gasteiger partial charge in [0.1, 0.15) is 11.5 Å². The standard InChI is InChI=1S/C20H16ClN3O3S/c1-13-17(22-19(26-13)14-5-3-2-4-6-14)12-28-20-24-23-18(27-20)11-25-16-9-7-15(21)8-10-16/h2-10H,11-12H2,1H3. The van der Waals surface area contributed by atoms with Gasteiger partial charge in [0.05, 0.1) is 5.69 Å². The summed E-state index contributed by atoms with van der Waals surface area (Å²) in [5.41, 5.74) is 1.79. The third kappa shape index (κ3) is 4.55. The van der Waals surface area contributed by atoms with Crippen molar-refractivity contribution in [3.8, 4) is 17.2 Å². The lowest BCUT2D eigenvalue weighted by Crippen LogP contribution is -1.95. The first-order valence-electron chi connectivity index (χ1n) is 8.52. The third-order valence-corrected chi connectivity index (χ3v) is 4.95. The average Bonchev–Trinajstić information content (AvgIpc) is 3.33. The van der Waals surface area contributed by atoms with Gasteiger partial charge >= 0.3 is 0 Å². The van der Waals surface area contributed by atoms with E-state index in [-0.39, 0.29) is 6.61 Å². The van der Waals surface area contributed by atoms with E-state index in [9.17, 15) is 0 Å². The lowest BCUT2D eigenvalue weighted by molar-refractivity contribution is 0.252. The van der Waals surface area contributed by atoms with Gasteiger partial charge in [0.15, 0.2) is 6.61 Å². The molecule has 0 radical (unpaired) electrons. The van der Waals surface area contributed by atoms with Crippen LogP contribution in [0, 0.1) is 6.92 Å². The maximum Gasteiger partial charge on any atom is 0.277 e. The molecule has 0 N–H and O–H groups in total. The molecule has 4 rings (SSSR count). The van der Waals surface area contributed by atoms with Crippen LogP contribution in [0.25, 0.3) is 11.5 Å². The normalized spacial score (nSPS) is 10.9. The fourth-order valence-corrected chi connectivity index (χ4v) is 3.33. The van der Waals surface area contributed by atoms with E-state index in [0.717, 1.165) is 17.0 Å². The summed E-state index contributed by atoms with van der Waals surface area (Å²) in [4.78, 5) is 4.57. The van der Waals surface area contributed by atoms with E-state index < -0.39 is 0 Å². The zero-order valence-electron chi connectivity index (χ0n) is 15.0. The minimum absolute atomic E-state index is 0.191. The van der Waals surface area contributed by atoms with Crippen LogP contribution in [0.3, 0.4) is 0 Å². The third-order valence-electron chi connectivity index (χ3n) is 3.87. The summed E-state index contributed by atoms with van der Waals surface area (Å²) in [6, 6.07) is 16.9. The Kier molecular flexibility index (Phi) is 5.64. The van der Waals surface area contributed by atoms with Gasteiger partial charge in [-0.25, -0.2) is 4.98 Å². The summed E-state index contributed by atoms with van der Waals surface area (Å²) in [5.74, 6) is 3.04. The van der Waals surface area contributed by atoms with Gasteiger partial charge in [0.25, 0.3) is 11.1 Å². The molecule has 0 aliphatic rings. The molecule has 0 aliphatic carbocycles. The van der Waals surface area contributed by atoms with Crippen LogP contribution < -0.4 is 4.74 Å². The van der Waals surface area contributed by atoms with Crippen LogP contribution in [-0.2, 0) is 12.4 Å². The smallest absolute Gasteiger partial charge is 0.277 e.